The smallest absolute Gasteiger partial charge is 0.330 e. The van der Waals surface area contributed by atoms with Gasteiger partial charge in [-0.25, -0.2) is 4.79 Å². The molecule has 6 heteroatoms. The molecule has 1 aliphatic rings. The van der Waals surface area contributed by atoms with Gasteiger partial charge in [-0.15, -0.1) is 0 Å². The van der Waals surface area contributed by atoms with Gasteiger partial charge >= 0.3 is 11.9 Å². The Morgan fingerprint density at radius 2 is 1.80 bits per heavy atom. The molecule has 1 unspecified atom stereocenters. The Labute approximate surface area is 118 Å². The normalized spacial score (nSPS) is 35.6. The van der Waals surface area contributed by atoms with Gasteiger partial charge in [0.2, 0.25) is 0 Å². The van der Waals surface area contributed by atoms with E-state index in [1.54, 1.807) is 19.9 Å². The first-order valence-corrected chi connectivity index (χ1v) is 6.81. The lowest BCUT2D eigenvalue weighted by Crippen LogP contribution is -2.31. The molecule has 20 heavy (non-hydrogen) atoms. The van der Waals surface area contributed by atoms with Crippen LogP contribution in [0, 0.1) is 0 Å². The highest BCUT2D eigenvalue weighted by atomic mass is 16.5. The lowest BCUT2D eigenvalue weighted by Gasteiger charge is -2.21. The van der Waals surface area contributed by atoms with Crippen LogP contribution in [0.4, 0.5) is 0 Å². The Morgan fingerprint density at radius 3 is 2.50 bits per heavy atom. The fourth-order valence-corrected chi connectivity index (χ4v) is 1.93. The molecule has 0 radical (unpaired) electrons. The highest BCUT2D eigenvalue weighted by Crippen LogP contribution is 2.13. The predicted molar refractivity (Wildman–Crippen MR) is 70.7 cm³/mol. The van der Waals surface area contributed by atoms with Gasteiger partial charge in [-0.3, -0.25) is 4.79 Å². The number of ether oxygens (including phenoxy) is 2. The van der Waals surface area contributed by atoms with E-state index in [1.165, 1.54) is 6.08 Å². The van der Waals surface area contributed by atoms with Crippen molar-refractivity contribution >= 4 is 11.9 Å². The van der Waals surface area contributed by atoms with E-state index < -0.39 is 30.3 Å². The summed E-state index contributed by atoms with van der Waals surface area (Å²) in [6.45, 7) is 3.36. The molecule has 0 saturated carbocycles. The fourth-order valence-electron chi connectivity index (χ4n) is 1.93. The van der Waals surface area contributed by atoms with Crippen molar-refractivity contribution in [1.29, 1.82) is 0 Å². The number of aliphatic hydroxyl groups is 2. The Morgan fingerprint density at radius 1 is 1.10 bits per heavy atom. The Balaban J connectivity index is 2.70. The topological polar surface area (TPSA) is 93.1 Å². The van der Waals surface area contributed by atoms with Crippen molar-refractivity contribution in [3.63, 3.8) is 0 Å². The number of carbonyl (C=O) groups is 2. The molecule has 0 aromatic carbocycles. The first-order valence-electron chi connectivity index (χ1n) is 6.81. The van der Waals surface area contributed by atoms with Gasteiger partial charge in [-0.1, -0.05) is 6.08 Å². The average molecular weight is 286 g/mol. The second-order valence-corrected chi connectivity index (χ2v) is 5.10. The van der Waals surface area contributed by atoms with Crippen LogP contribution < -0.4 is 0 Å². The Hall–Kier alpha value is -1.40. The maximum absolute atomic E-state index is 11.5. The summed E-state index contributed by atoms with van der Waals surface area (Å²) in [6.07, 6.45) is 0.598. The van der Waals surface area contributed by atoms with Crippen LogP contribution in [-0.2, 0) is 19.1 Å². The molecule has 0 aliphatic carbocycles. The third kappa shape index (κ3) is 6.16. The molecule has 1 heterocycles. The molecular weight excluding hydrogens is 264 g/mol. The van der Waals surface area contributed by atoms with Crippen molar-refractivity contribution in [2.75, 3.05) is 0 Å². The van der Waals surface area contributed by atoms with E-state index in [2.05, 4.69) is 0 Å². The van der Waals surface area contributed by atoms with E-state index in [0.29, 0.717) is 6.42 Å². The van der Waals surface area contributed by atoms with Crippen LogP contribution >= 0.6 is 0 Å². The van der Waals surface area contributed by atoms with E-state index in [4.69, 9.17) is 9.47 Å². The standard InChI is InChI=1S/C14H22O6/c1-9-4-3-5-13(17)20-10(2)8-12(16)11(15)6-7-14(18)19-9/h3,5,9-12,15-16H,4,6-8H2,1-2H3/b5-3+/t9-,10?,11+,12+/m1/s1. The molecule has 4 atom stereocenters. The number of carbonyl (C=O) groups excluding carboxylic acids is 2. The number of aliphatic hydroxyl groups excluding tert-OH is 2. The number of rotatable bonds is 0. The van der Waals surface area contributed by atoms with Crippen molar-refractivity contribution < 1.29 is 29.3 Å². The second kappa shape index (κ2) is 8.01. The zero-order valence-electron chi connectivity index (χ0n) is 11.8. The minimum atomic E-state index is -1.05. The third-order valence-corrected chi connectivity index (χ3v) is 3.03. The minimum absolute atomic E-state index is 0.0421. The molecule has 0 aromatic rings. The Bertz CT molecular complexity index is 365. The summed E-state index contributed by atoms with van der Waals surface area (Å²) in [6, 6.07) is 0. The van der Waals surface area contributed by atoms with Gasteiger partial charge < -0.3 is 19.7 Å². The molecule has 1 rings (SSSR count). The van der Waals surface area contributed by atoms with Gasteiger partial charge in [-0.05, 0) is 20.3 Å². The minimum Gasteiger partial charge on any atom is -0.462 e. The van der Waals surface area contributed by atoms with Crippen LogP contribution in [0.1, 0.15) is 39.5 Å². The zero-order chi connectivity index (χ0) is 15.1. The summed E-state index contributed by atoms with van der Waals surface area (Å²) in [5, 5.41) is 19.5. The van der Waals surface area contributed by atoms with E-state index in [0.717, 1.165) is 0 Å². The average Bonchev–Trinajstić information content (AvgIpc) is 2.34. The van der Waals surface area contributed by atoms with Gasteiger partial charge in [0.25, 0.3) is 0 Å². The molecule has 0 saturated heterocycles. The lowest BCUT2D eigenvalue weighted by atomic mass is 10.0. The lowest BCUT2D eigenvalue weighted by molar-refractivity contribution is -0.149. The number of esters is 2. The zero-order valence-corrected chi connectivity index (χ0v) is 11.8. The third-order valence-electron chi connectivity index (χ3n) is 3.03. The van der Waals surface area contributed by atoms with Crippen LogP contribution in [0.2, 0.25) is 0 Å². The van der Waals surface area contributed by atoms with Gasteiger partial charge in [0.1, 0.15) is 12.2 Å². The van der Waals surface area contributed by atoms with E-state index in [-0.39, 0.29) is 25.4 Å². The van der Waals surface area contributed by atoms with Gasteiger partial charge in [-0.2, -0.15) is 0 Å². The largest absolute Gasteiger partial charge is 0.462 e. The molecule has 0 amide bonds. The van der Waals surface area contributed by atoms with Crippen molar-refractivity contribution in [3.05, 3.63) is 12.2 Å². The van der Waals surface area contributed by atoms with E-state index >= 15 is 0 Å². The summed E-state index contributed by atoms with van der Waals surface area (Å²) < 4.78 is 10.2. The number of hydrogen-bond donors (Lipinski definition) is 2. The summed E-state index contributed by atoms with van der Waals surface area (Å²) in [5.41, 5.74) is 0. The maximum Gasteiger partial charge on any atom is 0.330 e. The predicted octanol–water partition coefficient (Wildman–Crippen LogP) is 0.702. The quantitative estimate of drug-likeness (QED) is 0.637. The second-order valence-electron chi connectivity index (χ2n) is 5.10. The highest BCUT2D eigenvalue weighted by Gasteiger charge is 2.22. The molecule has 0 spiro atoms. The van der Waals surface area contributed by atoms with Crippen LogP contribution in [-0.4, -0.2) is 46.6 Å². The molecule has 1 aliphatic heterocycles. The number of hydrogen-bond acceptors (Lipinski definition) is 6. The van der Waals surface area contributed by atoms with Crippen molar-refractivity contribution in [1.82, 2.24) is 0 Å². The van der Waals surface area contributed by atoms with Crippen LogP contribution in [0.25, 0.3) is 0 Å². The SMILES string of the molecule is CC1C[C@H](O)[C@@H](O)CCC(=O)O[C@H](C)C/C=C/C(=O)O1. The fraction of sp³-hybridized carbons (Fsp3) is 0.714. The summed E-state index contributed by atoms with van der Waals surface area (Å²) >= 11 is 0. The first kappa shape index (κ1) is 16.7. The monoisotopic (exact) mass is 286 g/mol. The Kier molecular flexibility index (Phi) is 6.67. The van der Waals surface area contributed by atoms with Crippen molar-refractivity contribution in [3.8, 4) is 0 Å². The van der Waals surface area contributed by atoms with Crippen LogP contribution in [0.15, 0.2) is 12.2 Å². The van der Waals surface area contributed by atoms with Gasteiger partial charge in [0.15, 0.2) is 0 Å². The van der Waals surface area contributed by atoms with E-state index in [1.807, 2.05) is 0 Å². The van der Waals surface area contributed by atoms with Gasteiger partial charge in [0.05, 0.1) is 12.2 Å². The number of cyclic esters (lactones) is 2. The molecule has 0 aromatic heterocycles. The molecule has 114 valence electrons. The molecule has 2 N–H and O–H groups in total. The summed E-state index contributed by atoms with van der Waals surface area (Å²) in [4.78, 5) is 23.0. The molecule has 6 nitrogen and oxygen atoms in total. The van der Waals surface area contributed by atoms with Crippen LogP contribution in [0.5, 0.6) is 0 Å². The summed E-state index contributed by atoms with van der Waals surface area (Å²) in [7, 11) is 0. The molecular formula is C14H22O6. The van der Waals surface area contributed by atoms with Crippen molar-refractivity contribution in [2.24, 2.45) is 0 Å². The highest BCUT2D eigenvalue weighted by molar-refractivity contribution is 5.82. The first-order chi connectivity index (χ1) is 9.38. The van der Waals surface area contributed by atoms with Gasteiger partial charge in [0, 0.05) is 25.3 Å². The van der Waals surface area contributed by atoms with Crippen LogP contribution in [0.3, 0.4) is 0 Å². The van der Waals surface area contributed by atoms with Crippen molar-refractivity contribution in [2.45, 2.75) is 63.9 Å². The van der Waals surface area contributed by atoms with E-state index in [9.17, 15) is 19.8 Å². The molecule has 0 fully saturated rings. The summed E-state index contributed by atoms with van der Waals surface area (Å²) in [5.74, 6) is -0.945. The maximum atomic E-state index is 11.5. The molecule has 0 bridgehead atoms.